The molecule has 0 bridgehead atoms. The Morgan fingerprint density at radius 1 is 0.467 bits per heavy atom. The van der Waals surface area contributed by atoms with Crippen molar-refractivity contribution in [1.82, 2.24) is 0 Å². The zero-order valence-electron chi connectivity index (χ0n) is 32.1. The van der Waals surface area contributed by atoms with Gasteiger partial charge in [0, 0.05) is 94.8 Å². The van der Waals surface area contributed by atoms with Crippen LogP contribution in [0.2, 0.25) is 0 Å². The molecule has 0 unspecified atom stereocenters. The van der Waals surface area contributed by atoms with E-state index >= 15 is 0 Å². The molecule has 0 atom stereocenters. The highest BCUT2D eigenvalue weighted by molar-refractivity contribution is 8.22. The molecule has 286 valence electrons. The first-order valence-corrected chi connectivity index (χ1v) is 24.7. The summed E-state index contributed by atoms with van der Waals surface area (Å²) in [6.45, 7) is 0. The van der Waals surface area contributed by atoms with Gasteiger partial charge in [-0.05, 0) is 83.7 Å². The molecule has 0 fully saturated rings. The van der Waals surface area contributed by atoms with Crippen LogP contribution < -0.4 is 0 Å². The van der Waals surface area contributed by atoms with Gasteiger partial charge >= 0.3 is 0 Å². The summed E-state index contributed by atoms with van der Waals surface area (Å²) in [7, 11) is 0. The Morgan fingerprint density at radius 2 is 0.817 bits per heavy atom. The molecule has 0 saturated carbocycles. The van der Waals surface area contributed by atoms with Crippen LogP contribution in [-0.4, -0.2) is 36.6 Å². The highest BCUT2D eigenvalue weighted by atomic mass is 32.2. The molecule has 0 saturated heterocycles. The second kappa shape index (κ2) is 15.7. The van der Waals surface area contributed by atoms with Crippen molar-refractivity contribution >= 4 is 116 Å². The molecule has 12 heteroatoms. The topological polar surface area (TPSA) is 129 Å². The number of Topliss-reactive ketones (excluding diaryl/α,β-unsaturated/α-hetero) is 2. The zero-order valence-corrected chi connectivity index (χ0v) is 37.0. The minimum atomic E-state index is -0.206. The lowest BCUT2D eigenvalue weighted by Gasteiger charge is -2.13. The molecule has 4 aliphatic rings. The van der Waals surface area contributed by atoms with Gasteiger partial charge in [0.05, 0.1) is 0 Å². The number of carbonyl (C=O) groups is 2. The number of fused-ring (bicyclic) bond motifs is 8. The molecule has 0 N–H and O–H groups in total. The van der Waals surface area contributed by atoms with Crippen LogP contribution in [0, 0.1) is 45.3 Å². The van der Waals surface area contributed by atoms with Crippen LogP contribution in [0.25, 0.3) is 55.3 Å². The van der Waals surface area contributed by atoms with Gasteiger partial charge in [0.15, 0.2) is 11.6 Å². The number of hydrogen-bond acceptors (Lipinski definition) is 12. The van der Waals surface area contributed by atoms with Crippen molar-refractivity contribution in [3.05, 3.63) is 158 Å². The molecule has 0 amide bonds. The maximum atomic E-state index is 13.8. The van der Waals surface area contributed by atoms with E-state index in [1.807, 2.05) is 48.6 Å². The Balaban J connectivity index is 1.22. The van der Waals surface area contributed by atoms with E-state index in [-0.39, 0.29) is 22.7 Å². The first kappa shape index (κ1) is 39.6. The fourth-order valence-corrected chi connectivity index (χ4v) is 13.7. The van der Waals surface area contributed by atoms with Crippen LogP contribution in [0.15, 0.2) is 104 Å². The molecule has 4 aliphatic carbocycles. The standard InChI is InChI=1S/C48H26N4O2S6/c1-55-47(56-2)41-31-17-34-32(18-33(31)45-37(41)15-25(59-45)13-35-39(23(19-49)20-50)27-9-5-7-11-29(27)43(35)53)42(48(57-3)58-4)38-16-26(60-46(34)38)14-36-40(24(21-51)22-52)28-10-6-8-12-30(28)44(36)54/h5-18H,1-4H3/b35-13-,36-14-. The number of hydrogen-bond donors (Lipinski definition) is 0. The maximum Gasteiger partial charge on any atom is 0.194 e. The number of allylic oxidation sites excluding steroid dienone is 6. The average Bonchev–Trinajstić information content (AvgIpc) is 4.10. The Kier molecular flexibility index (Phi) is 10.4. The summed E-state index contributed by atoms with van der Waals surface area (Å²) in [5.74, 6) is -0.412. The van der Waals surface area contributed by atoms with Crippen LogP contribution in [0.5, 0.6) is 0 Å². The molecule has 3 aromatic carbocycles. The third-order valence-corrected chi connectivity index (χ3v) is 17.3. The smallest absolute Gasteiger partial charge is 0.194 e. The molecular weight excluding hydrogens is 857 g/mol. The number of rotatable bonds is 6. The van der Waals surface area contributed by atoms with Crippen molar-refractivity contribution in [3.8, 4) is 45.2 Å². The van der Waals surface area contributed by atoms with Crippen molar-refractivity contribution < 1.29 is 9.59 Å². The molecule has 60 heavy (non-hydrogen) atoms. The van der Waals surface area contributed by atoms with Crippen LogP contribution in [0.4, 0.5) is 0 Å². The fraction of sp³-hybridized carbons (Fsp3) is 0.0833. The highest BCUT2D eigenvalue weighted by Crippen LogP contribution is 2.60. The summed E-state index contributed by atoms with van der Waals surface area (Å²) in [4.78, 5) is 31.5. The van der Waals surface area contributed by atoms with Crippen molar-refractivity contribution in [2.45, 2.75) is 0 Å². The molecular formula is C48H26N4O2S6. The fourth-order valence-electron chi connectivity index (χ4n) is 8.41. The number of thiophene rings is 2. The maximum absolute atomic E-state index is 13.8. The largest absolute Gasteiger partial charge is 0.289 e. The van der Waals surface area contributed by atoms with Crippen LogP contribution in [0.1, 0.15) is 63.9 Å². The van der Waals surface area contributed by atoms with Gasteiger partial charge < -0.3 is 0 Å². The van der Waals surface area contributed by atoms with Crippen LogP contribution in [0.3, 0.4) is 0 Å². The quantitative estimate of drug-likeness (QED) is 0.118. The number of benzene rings is 3. The zero-order chi connectivity index (χ0) is 42.0. The van der Waals surface area contributed by atoms with E-state index in [1.54, 1.807) is 106 Å². The molecule has 0 aliphatic heterocycles. The minimum Gasteiger partial charge on any atom is -0.289 e. The lowest BCUT2D eigenvalue weighted by atomic mass is 9.98. The number of carbonyl (C=O) groups excluding carboxylic acids is 2. The Bertz CT molecular complexity index is 2970. The van der Waals surface area contributed by atoms with Gasteiger partial charge in [-0.2, -0.15) is 21.0 Å². The Hall–Kier alpha value is -5.80. The summed E-state index contributed by atoms with van der Waals surface area (Å²) in [5, 5.41) is 39.6. The molecule has 2 aromatic heterocycles. The van der Waals surface area contributed by atoms with Crippen LogP contribution >= 0.6 is 69.7 Å². The normalized spacial score (nSPS) is 15.2. The van der Waals surface area contributed by atoms with Crippen molar-refractivity contribution in [3.63, 3.8) is 0 Å². The summed E-state index contributed by atoms with van der Waals surface area (Å²) >= 11 is 9.94. The van der Waals surface area contributed by atoms with E-state index in [9.17, 15) is 30.6 Å². The van der Waals surface area contributed by atoms with E-state index in [0.29, 0.717) is 44.5 Å². The first-order valence-electron chi connectivity index (χ1n) is 18.2. The number of nitrogens with zero attached hydrogens (tertiary/aromatic N) is 4. The molecule has 0 radical (unpaired) electrons. The predicted octanol–water partition coefficient (Wildman–Crippen LogP) is 12.8. The second-order valence-electron chi connectivity index (χ2n) is 13.7. The van der Waals surface area contributed by atoms with Gasteiger partial charge in [0.25, 0.3) is 0 Å². The minimum absolute atomic E-state index is 0.0901. The van der Waals surface area contributed by atoms with E-state index in [2.05, 4.69) is 49.3 Å². The lowest BCUT2D eigenvalue weighted by Crippen LogP contribution is -1.95. The van der Waals surface area contributed by atoms with Crippen molar-refractivity contribution in [2.24, 2.45) is 0 Å². The van der Waals surface area contributed by atoms with E-state index < -0.39 is 0 Å². The van der Waals surface area contributed by atoms with Gasteiger partial charge in [-0.1, -0.05) is 48.5 Å². The van der Waals surface area contributed by atoms with E-state index in [1.165, 1.54) is 0 Å². The van der Waals surface area contributed by atoms with Gasteiger partial charge in [-0.25, -0.2) is 0 Å². The van der Waals surface area contributed by atoms with Gasteiger partial charge in [0.1, 0.15) is 35.4 Å². The summed E-state index contributed by atoms with van der Waals surface area (Å²) < 4.78 is 2.30. The first-order chi connectivity index (χ1) is 29.2. The van der Waals surface area contributed by atoms with E-state index in [0.717, 1.165) is 72.5 Å². The van der Waals surface area contributed by atoms with E-state index in [4.69, 9.17) is 0 Å². The average molecular weight is 883 g/mol. The van der Waals surface area contributed by atoms with Gasteiger partial charge in [-0.3, -0.25) is 9.59 Å². The van der Waals surface area contributed by atoms with Crippen LogP contribution in [-0.2, 0) is 0 Å². The number of ketones is 2. The number of thioether (sulfide) groups is 4. The highest BCUT2D eigenvalue weighted by Gasteiger charge is 2.38. The monoisotopic (exact) mass is 882 g/mol. The summed E-state index contributed by atoms with van der Waals surface area (Å²) in [6.07, 6.45) is 12.0. The summed E-state index contributed by atoms with van der Waals surface area (Å²) in [6, 6.07) is 31.2. The van der Waals surface area contributed by atoms with Crippen molar-refractivity contribution in [1.29, 1.82) is 21.0 Å². The third kappa shape index (κ3) is 5.91. The predicted molar refractivity (Wildman–Crippen MR) is 253 cm³/mol. The van der Waals surface area contributed by atoms with Gasteiger partial charge in [0.2, 0.25) is 0 Å². The Labute approximate surface area is 371 Å². The SMILES string of the molecule is CSC(SC)=C1c2cc3c(cc2-c2sc(/C=C4\C(=O)c5ccccc5C4=C(C#N)C#N)cc21)C(=C(SC)SC)c1cc(/C=C2\C(=O)c4ccccc4C2=C(C#N)C#N)sc1-3. The molecule has 6 nitrogen and oxygen atoms in total. The third-order valence-electron chi connectivity index (χ3n) is 10.8. The Morgan fingerprint density at radius 3 is 1.15 bits per heavy atom. The summed E-state index contributed by atoms with van der Waals surface area (Å²) in [5.41, 5.74) is 12.2. The number of nitriles is 4. The molecule has 2 heterocycles. The lowest BCUT2D eigenvalue weighted by molar-refractivity contribution is 0.103. The second-order valence-corrected chi connectivity index (χ2v) is 19.6. The van der Waals surface area contributed by atoms with Gasteiger partial charge in [-0.15, -0.1) is 69.7 Å². The van der Waals surface area contributed by atoms with Crippen molar-refractivity contribution in [2.75, 3.05) is 25.0 Å². The molecule has 0 spiro atoms. The molecule has 5 aromatic rings. The molecule has 9 rings (SSSR count).